The Morgan fingerprint density at radius 3 is 1.00 bits per heavy atom. The molecular formula is C21H41NO2. The zero-order chi connectivity index (χ0) is 17.9. The van der Waals surface area contributed by atoms with Crippen molar-refractivity contribution in [2.75, 3.05) is 0 Å². The largest absolute Gasteiger partial charge is 0.370 e. The second-order valence-electron chi connectivity index (χ2n) is 7.33. The lowest BCUT2D eigenvalue weighted by Crippen LogP contribution is -2.09. The fourth-order valence-corrected chi connectivity index (χ4v) is 3.15. The van der Waals surface area contributed by atoms with Crippen molar-refractivity contribution in [3.63, 3.8) is 0 Å². The highest BCUT2D eigenvalue weighted by molar-refractivity contribution is 5.75. The van der Waals surface area contributed by atoms with Crippen LogP contribution in [0.1, 0.15) is 122 Å². The molecule has 0 atom stereocenters. The summed E-state index contributed by atoms with van der Waals surface area (Å²) in [4.78, 5) is 21.4. The van der Waals surface area contributed by atoms with Crippen molar-refractivity contribution in [1.29, 1.82) is 0 Å². The van der Waals surface area contributed by atoms with Crippen molar-refractivity contribution in [2.45, 2.75) is 122 Å². The van der Waals surface area contributed by atoms with E-state index in [0.29, 0.717) is 12.2 Å². The first-order valence-electron chi connectivity index (χ1n) is 10.4. The van der Waals surface area contributed by atoms with Crippen molar-refractivity contribution >= 4 is 11.7 Å². The van der Waals surface area contributed by atoms with Gasteiger partial charge >= 0.3 is 0 Å². The molecule has 0 aliphatic carbocycles. The molecule has 142 valence electrons. The summed E-state index contributed by atoms with van der Waals surface area (Å²) in [5, 5.41) is 0. The van der Waals surface area contributed by atoms with E-state index in [1.54, 1.807) is 6.92 Å². The number of carbonyl (C=O) groups is 2. The lowest BCUT2D eigenvalue weighted by molar-refractivity contribution is -0.118. The van der Waals surface area contributed by atoms with Gasteiger partial charge in [0, 0.05) is 12.8 Å². The Labute approximate surface area is 150 Å². The molecular weight excluding hydrogens is 298 g/mol. The Hall–Kier alpha value is -0.860. The van der Waals surface area contributed by atoms with Gasteiger partial charge in [-0.3, -0.25) is 4.79 Å². The van der Waals surface area contributed by atoms with E-state index in [1.165, 1.54) is 83.5 Å². The van der Waals surface area contributed by atoms with Crippen LogP contribution in [0.25, 0.3) is 0 Å². The van der Waals surface area contributed by atoms with Crippen LogP contribution in [0, 0.1) is 0 Å². The third-order valence-corrected chi connectivity index (χ3v) is 4.70. The highest BCUT2D eigenvalue weighted by atomic mass is 16.1. The zero-order valence-corrected chi connectivity index (χ0v) is 16.1. The number of unbranched alkanes of at least 4 members (excludes halogenated alkanes) is 15. The summed E-state index contributed by atoms with van der Waals surface area (Å²) in [5.74, 6) is 0.168. The van der Waals surface area contributed by atoms with E-state index in [4.69, 9.17) is 5.73 Å². The maximum Gasteiger partial charge on any atom is 0.217 e. The molecule has 0 aromatic carbocycles. The standard InChI is InChI=1S/C21H41NO2/c1-20(23)18-16-14-12-10-8-6-4-2-3-5-7-9-11-13-15-17-19-21(22)24/h2-19H2,1H3,(H2,22,24). The monoisotopic (exact) mass is 339 g/mol. The van der Waals surface area contributed by atoms with Crippen LogP contribution < -0.4 is 5.73 Å². The minimum absolute atomic E-state index is 0.164. The zero-order valence-electron chi connectivity index (χ0n) is 16.1. The molecule has 24 heavy (non-hydrogen) atoms. The summed E-state index contributed by atoms with van der Waals surface area (Å²) in [6.07, 6.45) is 22.0. The number of nitrogens with two attached hydrogens (primary N) is 1. The normalized spacial score (nSPS) is 10.9. The molecule has 0 aliphatic rings. The average Bonchev–Trinajstić information content (AvgIpc) is 2.53. The topological polar surface area (TPSA) is 60.2 Å². The SMILES string of the molecule is CC(=O)CCCCCCCCCCCCCCCCCCC(N)=O. The van der Waals surface area contributed by atoms with Gasteiger partial charge in [0.1, 0.15) is 5.78 Å². The Balaban J connectivity index is 3.00. The number of Topliss-reactive ketones (excluding diaryl/α,β-unsaturated/α-hetero) is 1. The molecule has 0 heterocycles. The van der Waals surface area contributed by atoms with E-state index in [0.717, 1.165) is 25.7 Å². The Kier molecular flexibility index (Phi) is 17.8. The van der Waals surface area contributed by atoms with E-state index >= 15 is 0 Å². The van der Waals surface area contributed by atoms with Crippen LogP contribution in [0.5, 0.6) is 0 Å². The van der Waals surface area contributed by atoms with Gasteiger partial charge in [0.15, 0.2) is 0 Å². The Bertz CT molecular complexity index is 272. The molecule has 0 fully saturated rings. The van der Waals surface area contributed by atoms with Crippen molar-refractivity contribution in [3.8, 4) is 0 Å². The van der Waals surface area contributed by atoms with Crippen LogP contribution in [0.4, 0.5) is 0 Å². The number of amides is 1. The van der Waals surface area contributed by atoms with Gasteiger partial charge < -0.3 is 10.5 Å². The molecule has 0 saturated heterocycles. The third kappa shape index (κ3) is 21.1. The predicted octanol–water partition coefficient (Wildman–Crippen LogP) is 6.08. The molecule has 0 aromatic rings. The number of hydrogen-bond donors (Lipinski definition) is 1. The minimum Gasteiger partial charge on any atom is -0.370 e. The van der Waals surface area contributed by atoms with Gasteiger partial charge in [-0.15, -0.1) is 0 Å². The van der Waals surface area contributed by atoms with E-state index < -0.39 is 0 Å². The van der Waals surface area contributed by atoms with Gasteiger partial charge in [0.05, 0.1) is 0 Å². The van der Waals surface area contributed by atoms with Crippen LogP contribution in [0.15, 0.2) is 0 Å². The first-order chi connectivity index (χ1) is 11.6. The van der Waals surface area contributed by atoms with E-state index in [1.807, 2.05) is 0 Å². The smallest absolute Gasteiger partial charge is 0.217 e. The summed E-state index contributed by atoms with van der Waals surface area (Å²) in [5.41, 5.74) is 5.12. The maximum absolute atomic E-state index is 10.8. The van der Waals surface area contributed by atoms with Gasteiger partial charge in [-0.1, -0.05) is 89.9 Å². The predicted molar refractivity (Wildman–Crippen MR) is 103 cm³/mol. The van der Waals surface area contributed by atoms with Crippen LogP contribution in [0.2, 0.25) is 0 Å². The Morgan fingerprint density at radius 2 is 0.750 bits per heavy atom. The molecule has 0 spiro atoms. The molecule has 0 aliphatic heterocycles. The molecule has 0 bridgehead atoms. The fourth-order valence-electron chi connectivity index (χ4n) is 3.15. The van der Waals surface area contributed by atoms with Crippen molar-refractivity contribution in [1.82, 2.24) is 0 Å². The van der Waals surface area contributed by atoms with Gasteiger partial charge in [-0.25, -0.2) is 0 Å². The van der Waals surface area contributed by atoms with E-state index in [2.05, 4.69) is 0 Å². The first kappa shape index (κ1) is 23.1. The van der Waals surface area contributed by atoms with Crippen LogP contribution in [-0.4, -0.2) is 11.7 Å². The van der Waals surface area contributed by atoms with Gasteiger partial charge in [-0.2, -0.15) is 0 Å². The quantitative estimate of drug-likeness (QED) is 0.290. The first-order valence-corrected chi connectivity index (χ1v) is 10.4. The second kappa shape index (κ2) is 18.5. The number of hydrogen-bond acceptors (Lipinski definition) is 2. The number of carbonyl (C=O) groups excluding carboxylic acids is 2. The molecule has 1 amide bonds. The summed E-state index contributed by atoms with van der Waals surface area (Å²) >= 11 is 0. The molecule has 0 saturated carbocycles. The third-order valence-electron chi connectivity index (χ3n) is 4.70. The molecule has 0 radical (unpaired) electrons. The van der Waals surface area contributed by atoms with Crippen molar-refractivity contribution < 1.29 is 9.59 Å². The molecule has 3 nitrogen and oxygen atoms in total. The fraction of sp³-hybridized carbons (Fsp3) is 0.905. The van der Waals surface area contributed by atoms with Gasteiger partial charge in [0.25, 0.3) is 0 Å². The van der Waals surface area contributed by atoms with Crippen LogP contribution in [-0.2, 0) is 9.59 Å². The Morgan fingerprint density at radius 1 is 0.500 bits per heavy atom. The molecule has 0 aromatic heterocycles. The minimum atomic E-state index is -0.164. The highest BCUT2D eigenvalue weighted by Crippen LogP contribution is 2.14. The van der Waals surface area contributed by atoms with Gasteiger partial charge in [-0.05, 0) is 19.8 Å². The molecule has 0 rings (SSSR count). The molecule has 2 N–H and O–H groups in total. The lowest BCUT2D eigenvalue weighted by Gasteiger charge is -2.03. The van der Waals surface area contributed by atoms with Crippen LogP contribution >= 0.6 is 0 Å². The van der Waals surface area contributed by atoms with Gasteiger partial charge in [0.2, 0.25) is 5.91 Å². The summed E-state index contributed by atoms with van der Waals surface area (Å²) in [7, 11) is 0. The lowest BCUT2D eigenvalue weighted by atomic mass is 10.0. The summed E-state index contributed by atoms with van der Waals surface area (Å²) < 4.78 is 0. The number of ketones is 1. The summed E-state index contributed by atoms with van der Waals surface area (Å²) in [6, 6.07) is 0. The number of primary amides is 1. The van der Waals surface area contributed by atoms with Crippen molar-refractivity contribution in [2.24, 2.45) is 5.73 Å². The van der Waals surface area contributed by atoms with Crippen LogP contribution in [0.3, 0.4) is 0 Å². The maximum atomic E-state index is 10.8. The molecule has 3 heteroatoms. The second-order valence-corrected chi connectivity index (χ2v) is 7.33. The van der Waals surface area contributed by atoms with E-state index in [9.17, 15) is 9.59 Å². The number of rotatable bonds is 19. The van der Waals surface area contributed by atoms with Crippen molar-refractivity contribution in [3.05, 3.63) is 0 Å². The average molecular weight is 340 g/mol. The molecule has 0 unspecified atom stereocenters. The van der Waals surface area contributed by atoms with E-state index in [-0.39, 0.29) is 5.91 Å². The summed E-state index contributed by atoms with van der Waals surface area (Å²) in [6.45, 7) is 1.69. The highest BCUT2D eigenvalue weighted by Gasteiger charge is 1.97.